The molecule has 0 heterocycles. The third-order valence-corrected chi connectivity index (χ3v) is 4.70. The zero-order valence-electron chi connectivity index (χ0n) is 11.6. The molecular formula is C15H17NO3S. The first-order valence-corrected chi connectivity index (χ1v) is 7.68. The Morgan fingerprint density at radius 3 is 2.35 bits per heavy atom. The van der Waals surface area contributed by atoms with Crippen LogP contribution in [0.15, 0.2) is 41.3 Å². The lowest BCUT2D eigenvalue weighted by atomic mass is 10.1. The normalized spacial score (nSPS) is 11.3. The molecule has 106 valence electrons. The van der Waals surface area contributed by atoms with Gasteiger partial charge in [0.25, 0.3) is 10.0 Å². The molecule has 2 aromatic rings. The fraction of sp³-hybridized carbons (Fsp3) is 0.200. The Labute approximate surface area is 119 Å². The third-order valence-electron chi connectivity index (χ3n) is 3.34. The number of sulfonamides is 1. The first-order valence-electron chi connectivity index (χ1n) is 6.20. The van der Waals surface area contributed by atoms with Crippen LogP contribution >= 0.6 is 0 Å². The van der Waals surface area contributed by atoms with Crippen LogP contribution < -0.4 is 4.72 Å². The summed E-state index contributed by atoms with van der Waals surface area (Å²) >= 11 is 0. The van der Waals surface area contributed by atoms with Gasteiger partial charge in [0.05, 0.1) is 10.6 Å². The average Bonchev–Trinajstić information content (AvgIpc) is 2.38. The van der Waals surface area contributed by atoms with E-state index >= 15 is 0 Å². The second-order valence-electron chi connectivity index (χ2n) is 4.80. The SMILES string of the molecule is Cc1ccc(S(=O)(=O)Nc2cccc(O)c2C)cc1C. The molecule has 0 fully saturated rings. The highest BCUT2D eigenvalue weighted by atomic mass is 32.2. The molecule has 0 aromatic heterocycles. The van der Waals surface area contributed by atoms with E-state index in [9.17, 15) is 13.5 Å². The Kier molecular flexibility index (Phi) is 3.72. The molecule has 5 heteroatoms. The number of hydrogen-bond donors (Lipinski definition) is 2. The molecule has 2 aromatic carbocycles. The minimum absolute atomic E-state index is 0.0605. The first-order chi connectivity index (χ1) is 9.31. The van der Waals surface area contributed by atoms with Crippen molar-refractivity contribution < 1.29 is 13.5 Å². The summed E-state index contributed by atoms with van der Waals surface area (Å²) in [5.74, 6) is 0.0605. The third kappa shape index (κ3) is 2.77. The van der Waals surface area contributed by atoms with Crippen LogP contribution in [0, 0.1) is 20.8 Å². The second kappa shape index (κ2) is 5.17. The van der Waals surface area contributed by atoms with Gasteiger partial charge in [0.2, 0.25) is 0 Å². The van der Waals surface area contributed by atoms with Crippen LogP contribution in [0.4, 0.5) is 5.69 Å². The molecule has 0 saturated carbocycles. The molecule has 0 spiro atoms. The van der Waals surface area contributed by atoms with Gasteiger partial charge in [-0.15, -0.1) is 0 Å². The Balaban J connectivity index is 2.41. The predicted octanol–water partition coefficient (Wildman–Crippen LogP) is 3.12. The van der Waals surface area contributed by atoms with Gasteiger partial charge in [-0.1, -0.05) is 12.1 Å². The van der Waals surface area contributed by atoms with Crippen LogP contribution in [0.25, 0.3) is 0 Å². The van der Waals surface area contributed by atoms with E-state index in [1.165, 1.54) is 6.07 Å². The van der Waals surface area contributed by atoms with Gasteiger partial charge in [0, 0.05) is 5.56 Å². The van der Waals surface area contributed by atoms with E-state index in [0.717, 1.165) is 11.1 Å². The van der Waals surface area contributed by atoms with Crippen LogP contribution in [0.3, 0.4) is 0 Å². The Hall–Kier alpha value is -2.01. The van der Waals surface area contributed by atoms with E-state index in [0.29, 0.717) is 11.3 Å². The standard InChI is InChI=1S/C15H17NO3S/c1-10-7-8-13(9-11(10)2)20(18,19)16-14-5-4-6-15(17)12(14)3/h4-9,16-17H,1-3H3. The molecule has 0 saturated heterocycles. The second-order valence-corrected chi connectivity index (χ2v) is 6.48. The van der Waals surface area contributed by atoms with Gasteiger partial charge in [0.15, 0.2) is 0 Å². The number of rotatable bonds is 3. The van der Waals surface area contributed by atoms with Crippen molar-refractivity contribution in [2.24, 2.45) is 0 Å². The van der Waals surface area contributed by atoms with Crippen LogP contribution in [0.2, 0.25) is 0 Å². The van der Waals surface area contributed by atoms with Crippen LogP contribution in [0.1, 0.15) is 16.7 Å². The molecule has 0 aliphatic heterocycles. The molecule has 2 N–H and O–H groups in total. The van der Waals surface area contributed by atoms with E-state index in [1.54, 1.807) is 37.3 Å². The fourth-order valence-corrected chi connectivity index (χ4v) is 3.03. The molecule has 0 bridgehead atoms. The lowest BCUT2D eigenvalue weighted by Gasteiger charge is -2.12. The van der Waals surface area contributed by atoms with Crippen LogP contribution in [-0.4, -0.2) is 13.5 Å². The van der Waals surface area contributed by atoms with Gasteiger partial charge in [-0.3, -0.25) is 4.72 Å². The van der Waals surface area contributed by atoms with Gasteiger partial charge in [0.1, 0.15) is 5.75 Å². The Morgan fingerprint density at radius 1 is 1.00 bits per heavy atom. The topological polar surface area (TPSA) is 66.4 Å². The molecule has 0 radical (unpaired) electrons. The van der Waals surface area contributed by atoms with Gasteiger partial charge < -0.3 is 5.11 Å². The lowest BCUT2D eigenvalue weighted by molar-refractivity contribution is 0.471. The van der Waals surface area contributed by atoms with Gasteiger partial charge >= 0.3 is 0 Å². The summed E-state index contributed by atoms with van der Waals surface area (Å²) in [4.78, 5) is 0.211. The predicted molar refractivity (Wildman–Crippen MR) is 79.6 cm³/mol. The average molecular weight is 291 g/mol. The summed E-state index contributed by atoms with van der Waals surface area (Å²) in [6, 6.07) is 9.72. The van der Waals surface area contributed by atoms with Crippen molar-refractivity contribution in [1.82, 2.24) is 0 Å². The van der Waals surface area contributed by atoms with E-state index in [2.05, 4.69) is 4.72 Å². The summed E-state index contributed by atoms with van der Waals surface area (Å²) < 4.78 is 27.2. The summed E-state index contributed by atoms with van der Waals surface area (Å²) in [5.41, 5.74) is 2.83. The molecule has 0 aliphatic rings. The number of nitrogens with one attached hydrogen (secondary N) is 1. The van der Waals surface area contributed by atoms with Crippen molar-refractivity contribution in [2.45, 2.75) is 25.7 Å². The number of aryl methyl sites for hydroxylation is 2. The molecule has 0 atom stereocenters. The highest BCUT2D eigenvalue weighted by Gasteiger charge is 2.16. The van der Waals surface area contributed by atoms with Crippen molar-refractivity contribution in [3.05, 3.63) is 53.1 Å². The number of benzene rings is 2. The van der Waals surface area contributed by atoms with Crippen molar-refractivity contribution in [3.63, 3.8) is 0 Å². The van der Waals surface area contributed by atoms with Gasteiger partial charge in [-0.05, 0) is 56.2 Å². The molecule has 0 unspecified atom stereocenters. The zero-order chi connectivity index (χ0) is 14.9. The number of hydrogen-bond acceptors (Lipinski definition) is 3. The van der Waals surface area contributed by atoms with E-state index in [4.69, 9.17) is 0 Å². The van der Waals surface area contributed by atoms with Crippen LogP contribution in [0.5, 0.6) is 5.75 Å². The zero-order valence-corrected chi connectivity index (χ0v) is 12.5. The quantitative estimate of drug-likeness (QED) is 0.913. The highest BCUT2D eigenvalue weighted by Crippen LogP contribution is 2.26. The first kappa shape index (κ1) is 14.4. The monoisotopic (exact) mass is 291 g/mol. The fourth-order valence-electron chi connectivity index (χ4n) is 1.82. The van der Waals surface area contributed by atoms with E-state index in [-0.39, 0.29) is 10.6 Å². The maximum Gasteiger partial charge on any atom is 0.261 e. The van der Waals surface area contributed by atoms with Crippen molar-refractivity contribution in [3.8, 4) is 5.75 Å². The number of aromatic hydroxyl groups is 1. The van der Waals surface area contributed by atoms with Crippen LogP contribution in [-0.2, 0) is 10.0 Å². The number of phenols is 1. The smallest absolute Gasteiger partial charge is 0.261 e. The maximum absolute atomic E-state index is 12.3. The molecule has 20 heavy (non-hydrogen) atoms. The van der Waals surface area contributed by atoms with E-state index < -0.39 is 10.0 Å². The summed E-state index contributed by atoms with van der Waals surface area (Å²) in [5, 5.41) is 9.61. The number of anilines is 1. The minimum atomic E-state index is -3.65. The minimum Gasteiger partial charge on any atom is -0.508 e. The Morgan fingerprint density at radius 2 is 1.70 bits per heavy atom. The van der Waals surface area contributed by atoms with Gasteiger partial charge in [-0.25, -0.2) is 8.42 Å². The molecule has 4 nitrogen and oxygen atoms in total. The highest BCUT2D eigenvalue weighted by molar-refractivity contribution is 7.92. The molecular weight excluding hydrogens is 274 g/mol. The maximum atomic E-state index is 12.3. The Bertz CT molecular complexity index is 752. The lowest BCUT2D eigenvalue weighted by Crippen LogP contribution is -2.14. The summed E-state index contributed by atoms with van der Waals surface area (Å²) in [6.45, 7) is 5.46. The van der Waals surface area contributed by atoms with E-state index in [1.807, 2.05) is 13.8 Å². The van der Waals surface area contributed by atoms with Gasteiger partial charge in [-0.2, -0.15) is 0 Å². The van der Waals surface area contributed by atoms with Crippen molar-refractivity contribution >= 4 is 15.7 Å². The molecule has 0 amide bonds. The number of phenolic OH excluding ortho intramolecular Hbond substituents is 1. The summed E-state index contributed by atoms with van der Waals surface area (Å²) in [7, 11) is -3.65. The largest absolute Gasteiger partial charge is 0.508 e. The molecule has 2 rings (SSSR count). The van der Waals surface area contributed by atoms with Crippen molar-refractivity contribution in [1.29, 1.82) is 0 Å². The van der Waals surface area contributed by atoms with Crippen molar-refractivity contribution in [2.75, 3.05) is 4.72 Å². The summed E-state index contributed by atoms with van der Waals surface area (Å²) in [6.07, 6.45) is 0. The molecule has 0 aliphatic carbocycles.